The predicted octanol–water partition coefficient (Wildman–Crippen LogP) is 3.18. The van der Waals surface area contributed by atoms with Crippen LogP contribution in [0.3, 0.4) is 0 Å². The zero-order valence-corrected chi connectivity index (χ0v) is 9.27. The van der Waals surface area contributed by atoms with Gasteiger partial charge in [0.25, 0.3) is 0 Å². The topological polar surface area (TPSA) is 37.8 Å². The Kier molecular flexibility index (Phi) is 2.74. The summed E-state index contributed by atoms with van der Waals surface area (Å²) in [5, 5.41) is 11.3. The van der Waals surface area contributed by atoms with Crippen molar-refractivity contribution in [3.05, 3.63) is 34.0 Å². The monoisotopic (exact) mass is 273 g/mol. The molecule has 0 atom stereocenters. The lowest BCUT2D eigenvalue weighted by atomic mass is 10.3. The molecule has 1 N–H and O–H groups in total. The minimum absolute atomic E-state index is 0.256. The van der Waals surface area contributed by atoms with E-state index in [-0.39, 0.29) is 5.82 Å². The molecule has 1 heterocycles. The van der Waals surface area contributed by atoms with E-state index in [9.17, 15) is 4.39 Å². The maximum Gasteiger partial charge on any atom is 0.210 e. The molecule has 0 fully saturated rings. The molecule has 1 aromatic heterocycles. The van der Waals surface area contributed by atoms with Crippen molar-refractivity contribution < 1.29 is 4.39 Å². The number of hydrogen-bond acceptors (Lipinski definition) is 4. The van der Waals surface area contributed by atoms with Crippen LogP contribution in [0, 0.1) is 5.82 Å². The number of nitrogens with one attached hydrogen (secondary N) is 1. The van der Waals surface area contributed by atoms with E-state index >= 15 is 0 Å². The average Bonchev–Trinajstić information content (AvgIpc) is 2.56. The maximum absolute atomic E-state index is 12.6. The quantitative estimate of drug-likeness (QED) is 0.913. The molecule has 0 saturated heterocycles. The molecule has 0 spiro atoms. The molecule has 0 amide bonds. The van der Waals surface area contributed by atoms with Crippen LogP contribution in [0.25, 0.3) is 0 Å². The van der Waals surface area contributed by atoms with E-state index in [0.717, 1.165) is 5.69 Å². The lowest BCUT2D eigenvalue weighted by molar-refractivity contribution is 0.628. The Morgan fingerprint density at radius 3 is 2.50 bits per heavy atom. The fourth-order valence-corrected chi connectivity index (χ4v) is 1.94. The Hall–Kier alpha value is -1.01. The molecule has 0 aliphatic carbocycles. The number of benzene rings is 1. The Labute approximate surface area is 92.1 Å². The van der Waals surface area contributed by atoms with E-state index in [0.29, 0.717) is 9.05 Å². The minimum atomic E-state index is -0.256. The van der Waals surface area contributed by atoms with Crippen LogP contribution < -0.4 is 5.32 Å². The molecule has 14 heavy (non-hydrogen) atoms. The largest absolute Gasteiger partial charge is 0.330 e. The summed E-state index contributed by atoms with van der Waals surface area (Å²) in [4.78, 5) is 0. The number of rotatable bonds is 2. The van der Waals surface area contributed by atoms with E-state index in [1.54, 1.807) is 12.1 Å². The summed E-state index contributed by atoms with van der Waals surface area (Å²) in [6.45, 7) is 0. The Morgan fingerprint density at radius 1 is 1.21 bits per heavy atom. The molecule has 0 saturated carbocycles. The van der Waals surface area contributed by atoms with E-state index in [2.05, 4.69) is 31.4 Å². The summed E-state index contributed by atoms with van der Waals surface area (Å²) in [5.74, 6) is -0.256. The summed E-state index contributed by atoms with van der Waals surface area (Å²) in [6, 6.07) is 6.06. The second-order valence-corrected chi connectivity index (χ2v) is 4.75. The van der Waals surface area contributed by atoms with Crippen LogP contribution in [0.2, 0.25) is 0 Å². The van der Waals surface area contributed by atoms with Crippen LogP contribution in [0.15, 0.2) is 28.2 Å². The highest BCUT2D eigenvalue weighted by atomic mass is 79.9. The van der Waals surface area contributed by atoms with Crippen molar-refractivity contribution in [2.45, 2.75) is 0 Å². The highest BCUT2D eigenvalue weighted by Crippen LogP contribution is 2.23. The van der Waals surface area contributed by atoms with Crippen LogP contribution in [-0.4, -0.2) is 10.2 Å². The van der Waals surface area contributed by atoms with Gasteiger partial charge >= 0.3 is 0 Å². The number of aromatic nitrogens is 2. The molecule has 0 bridgehead atoms. The molecule has 6 heteroatoms. The lowest BCUT2D eigenvalue weighted by Gasteiger charge is -1.99. The van der Waals surface area contributed by atoms with Crippen molar-refractivity contribution in [1.82, 2.24) is 10.2 Å². The number of halogens is 2. The van der Waals surface area contributed by atoms with E-state index in [4.69, 9.17) is 0 Å². The van der Waals surface area contributed by atoms with Crippen molar-refractivity contribution in [3.8, 4) is 0 Å². The normalized spacial score (nSPS) is 10.1. The van der Waals surface area contributed by atoms with Gasteiger partial charge in [0, 0.05) is 5.69 Å². The van der Waals surface area contributed by atoms with E-state index < -0.39 is 0 Å². The van der Waals surface area contributed by atoms with Gasteiger partial charge in [0.15, 0.2) is 3.92 Å². The van der Waals surface area contributed by atoms with Crippen molar-refractivity contribution in [3.63, 3.8) is 0 Å². The minimum Gasteiger partial charge on any atom is -0.330 e. The van der Waals surface area contributed by atoms with Crippen molar-refractivity contribution in [2.24, 2.45) is 0 Å². The summed E-state index contributed by atoms with van der Waals surface area (Å²) < 4.78 is 13.3. The van der Waals surface area contributed by atoms with Crippen LogP contribution in [-0.2, 0) is 0 Å². The molecule has 0 aliphatic rings. The Balaban J connectivity index is 2.15. The summed E-state index contributed by atoms with van der Waals surface area (Å²) in [6.07, 6.45) is 0. The zero-order chi connectivity index (χ0) is 9.97. The van der Waals surface area contributed by atoms with Gasteiger partial charge in [-0.2, -0.15) is 0 Å². The first-order valence-electron chi connectivity index (χ1n) is 3.75. The van der Waals surface area contributed by atoms with Crippen LogP contribution >= 0.6 is 27.3 Å². The second-order valence-electron chi connectivity index (χ2n) is 2.49. The summed E-state index contributed by atoms with van der Waals surface area (Å²) in [5.41, 5.74) is 0.787. The second kappa shape index (κ2) is 4.02. The molecular formula is C8H5BrFN3S. The van der Waals surface area contributed by atoms with E-state index in [1.807, 2.05) is 0 Å². The Bertz CT molecular complexity index is 428. The smallest absolute Gasteiger partial charge is 0.210 e. The third kappa shape index (κ3) is 2.27. The number of hydrogen-bond donors (Lipinski definition) is 1. The van der Waals surface area contributed by atoms with Gasteiger partial charge in [-0.05, 0) is 40.2 Å². The van der Waals surface area contributed by atoms with Crippen molar-refractivity contribution in [1.29, 1.82) is 0 Å². The van der Waals surface area contributed by atoms with Gasteiger partial charge in [-0.15, -0.1) is 10.2 Å². The number of nitrogens with zero attached hydrogens (tertiary/aromatic N) is 2. The molecule has 2 aromatic rings. The average molecular weight is 274 g/mol. The molecule has 72 valence electrons. The van der Waals surface area contributed by atoms with Gasteiger partial charge in [-0.25, -0.2) is 4.39 Å². The van der Waals surface area contributed by atoms with E-state index in [1.165, 1.54) is 23.5 Å². The van der Waals surface area contributed by atoms with Crippen molar-refractivity contribution >= 4 is 38.1 Å². The molecule has 0 unspecified atom stereocenters. The molecular weight excluding hydrogens is 269 g/mol. The van der Waals surface area contributed by atoms with Gasteiger partial charge in [0.1, 0.15) is 5.82 Å². The fourth-order valence-electron chi connectivity index (χ4n) is 0.913. The SMILES string of the molecule is Fc1ccc(Nc2nnc(Br)s2)cc1. The summed E-state index contributed by atoms with van der Waals surface area (Å²) in [7, 11) is 0. The highest BCUT2D eigenvalue weighted by molar-refractivity contribution is 9.11. The lowest BCUT2D eigenvalue weighted by Crippen LogP contribution is -1.89. The van der Waals surface area contributed by atoms with Crippen LogP contribution in [0.1, 0.15) is 0 Å². The molecule has 3 nitrogen and oxygen atoms in total. The number of anilines is 2. The third-order valence-corrected chi connectivity index (χ3v) is 2.77. The van der Waals surface area contributed by atoms with Gasteiger partial charge in [-0.3, -0.25) is 0 Å². The fraction of sp³-hybridized carbons (Fsp3) is 0. The first kappa shape index (κ1) is 9.54. The van der Waals surface area contributed by atoms with Gasteiger partial charge < -0.3 is 5.32 Å². The first-order valence-corrected chi connectivity index (χ1v) is 5.36. The van der Waals surface area contributed by atoms with Gasteiger partial charge in [-0.1, -0.05) is 11.3 Å². The molecule has 0 radical (unpaired) electrons. The molecule has 1 aromatic carbocycles. The van der Waals surface area contributed by atoms with Crippen LogP contribution in [0.4, 0.5) is 15.2 Å². The summed E-state index contributed by atoms with van der Waals surface area (Å²) >= 11 is 4.58. The highest BCUT2D eigenvalue weighted by Gasteiger charge is 2.01. The molecule has 2 rings (SSSR count). The first-order chi connectivity index (χ1) is 6.74. The van der Waals surface area contributed by atoms with Gasteiger partial charge in [0.2, 0.25) is 5.13 Å². The maximum atomic E-state index is 12.6. The van der Waals surface area contributed by atoms with Crippen molar-refractivity contribution in [2.75, 3.05) is 5.32 Å². The Morgan fingerprint density at radius 2 is 1.93 bits per heavy atom. The standard InChI is InChI=1S/C8H5BrFN3S/c9-7-12-13-8(14-7)11-6-3-1-5(10)2-4-6/h1-4H,(H,11,13). The predicted molar refractivity (Wildman–Crippen MR) is 57.3 cm³/mol. The van der Waals surface area contributed by atoms with Crippen LogP contribution in [0.5, 0.6) is 0 Å². The van der Waals surface area contributed by atoms with Gasteiger partial charge in [0.05, 0.1) is 0 Å². The molecule has 0 aliphatic heterocycles. The zero-order valence-electron chi connectivity index (χ0n) is 6.87. The third-order valence-electron chi connectivity index (χ3n) is 1.50.